The molecule has 1 aliphatic rings. The Morgan fingerprint density at radius 2 is 2.22 bits per heavy atom. The van der Waals surface area contributed by atoms with Crippen LogP contribution in [0.5, 0.6) is 5.75 Å². The van der Waals surface area contributed by atoms with E-state index in [1.54, 1.807) is 0 Å². The van der Waals surface area contributed by atoms with Gasteiger partial charge in [-0.2, -0.15) is 0 Å². The summed E-state index contributed by atoms with van der Waals surface area (Å²) >= 11 is 0. The molecule has 2 atom stereocenters. The number of hydrogen-bond acceptors (Lipinski definition) is 3. The minimum atomic E-state index is -0.0640. The van der Waals surface area contributed by atoms with Crippen molar-refractivity contribution in [2.45, 2.75) is 39.2 Å². The van der Waals surface area contributed by atoms with Crippen LogP contribution in [-0.4, -0.2) is 18.4 Å². The molecule has 2 rings (SSSR count). The molecule has 98 valence electrons. The molecule has 0 saturated heterocycles. The molecular weight excluding hydrogens is 226 g/mol. The maximum Gasteiger partial charge on any atom is 0.137 e. The van der Waals surface area contributed by atoms with Gasteiger partial charge >= 0.3 is 0 Å². The van der Waals surface area contributed by atoms with E-state index in [1.807, 2.05) is 26.0 Å². The van der Waals surface area contributed by atoms with Crippen molar-refractivity contribution in [1.29, 1.82) is 0 Å². The summed E-state index contributed by atoms with van der Waals surface area (Å²) in [7, 11) is 0. The fourth-order valence-electron chi connectivity index (χ4n) is 2.18. The smallest absolute Gasteiger partial charge is 0.137 e. The number of nitrogens with two attached hydrogens (primary N) is 1. The Morgan fingerprint density at radius 3 is 2.94 bits per heavy atom. The molecule has 0 bridgehead atoms. The lowest BCUT2D eigenvalue weighted by Crippen LogP contribution is -2.30. The summed E-state index contributed by atoms with van der Waals surface area (Å²) in [5.74, 6) is 1.19. The van der Waals surface area contributed by atoms with Gasteiger partial charge in [-0.3, -0.25) is 4.79 Å². The van der Waals surface area contributed by atoms with E-state index in [0.29, 0.717) is 6.42 Å². The summed E-state index contributed by atoms with van der Waals surface area (Å²) in [4.78, 5) is 11.9. The van der Waals surface area contributed by atoms with Gasteiger partial charge in [-0.05, 0) is 30.5 Å². The van der Waals surface area contributed by atoms with Crippen molar-refractivity contribution in [1.82, 2.24) is 0 Å². The number of hydrogen-bond donors (Lipinski definition) is 1. The number of Topliss-reactive ketones (excluding diaryl/α,β-unsaturated/α-hetero) is 1. The number of ketones is 1. The van der Waals surface area contributed by atoms with Gasteiger partial charge in [0.05, 0.1) is 6.61 Å². The number of fused-ring (bicyclic) bond motifs is 1. The zero-order chi connectivity index (χ0) is 13.1. The first kappa shape index (κ1) is 13.1. The SMILES string of the molecule is CC(N)C(C)C(=O)CCc1ccc2c(c1)CCO2. The maximum atomic E-state index is 11.9. The molecule has 1 aromatic carbocycles. The summed E-state index contributed by atoms with van der Waals surface area (Å²) in [6, 6.07) is 6.16. The molecule has 0 saturated carbocycles. The Labute approximate surface area is 108 Å². The molecule has 2 N–H and O–H groups in total. The number of aryl methyl sites for hydroxylation is 1. The van der Waals surface area contributed by atoms with E-state index >= 15 is 0 Å². The molecule has 0 spiro atoms. The summed E-state index contributed by atoms with van der Waals surface area (Å²) in [5, 5.41) is 0. The maximum absolute atomic E-state index is 11.9. The van der Waals surface area contributed by atoms with E-state index in [2.05, 4.69) is 6.07 Å². The highest BCUT2D eigenvalue weighted by atomic mass is 16.5. The van der Waals surface area contributed by atoms with Crippen molar-refractivity contribution in [3.63, 3.8) is 0 Å². The van der Waals surface area contributed by atoms with Gasteiger partial charge in [0.2, 0.25) is 0 Å². The summed E-state index contributed by atoms with van der Waals surface area (Å²) < 4.78 is 5.47. The van der Waals surface area contributed by atoms with Crippen LogP contribution in [0.2, 0.25) is 0 Å². The molecule has 3 nitrogen and oxygen atoms in total. The monoisotopic (exact) mass is 247 g/mol. The van der Waals surface area contributed by atoms with Gasteiger partial charge in [0.15, 0.2) is 0 Å². The molecule has 1 heterocycles. The van der Waals surface area contributed by atoms with Crippen LogP contribution in [0.25, 0.3) is 0 Å². The van der Waals surface area contributed by atoms with Crippen molar-refractivity contribution in [2.75, 3.05) is 6.61 Å². The molecular formula is C15H21NO2. The third-order valence-corrected chi connectivity index (χ3v) is 3.71. The average molecular weight is 247 g/mol. The van der Waals surface area contributed by atoms with E-state index in [-0.39, 0.29) is 17.7 Å². The number of carbonyl (C=O) groups excluding carboxylic acids is 1. The molecule has 2 unspecified atom stereocenters. The van der Waals surface area contributed by atoms with E-state index in [0.717, 1.165) is 25.2 Å². The minimum absolute atomic E-state index is 0.0530. The molecule has 0 fully saturated rings. The van der Waals surface area contributed by atoms with Crippen LogP contribution in [0.15, 0.2) is 18.2 Å². The Morgan fingerprint density at radius 1 is 1.44 bits per heavy atom. The van der Waals surface area contributed by atoms with Crippen LogP contribution in [0.4, 0.5) is 0 Å². The van der Waals surface area contributed by atoms with Gasteiger partial charge in [-0.1, -0.05) is 19.1 Å². The summed E-state index contributed by atoms with van der Waals surface area (Å²) in [6.45, 7) is 4.57. The minimum Gasteiger partial charge on any atom is -0.493 e. The summed E-state index contributed by atoms with van der Waals surface area (Å²) in [6.07, 6.45) is 2.35. The van der Waals surface area contributed by atoms with Crippen LogP contribution in [-0.2, 0) is 17.6 Å². The van der Waals surface area contributed by atoms with Crippen LogP contribution in [0.1, 0.15) is 31.4 Å². The van der Waals surface area contributed by atoms with Gasteiger partial charge in [0, 0.05) is 24.8 Å². The zero-order valence-corrected chi connectivity index (χ0v) is 11.1. The first-order valence-corrected chi connectivity index (χ1v) is 6.61. The number of carbonyl (C=O) groups is 1. The van der Waals surface area contributed by atoms with Crippen molar-refractivity contribution >= 4 is 5.78 Å². The lowest BCUT2D eigenvalue weighted by atomic mass is 9.94. The summed E-state index contributed by atoms with van der Waals surface area (Å²) in [5.41, 5.74) is 8.22. The average Bonchev–Trinajstić information content (AvgIpc) is 2.82. The van der Waals surface area contributed by atoms with Crippen LogP contribution in [0, 0.1) is 5.92 Å². The first-order valence-electron chi connectivity index (χ1n) is 6.61. The highest BCUT2D eigenvalue weighted by Crippen LogP contribution is 2.26. The fourth-order valence-corrected chi connectivity index (χ4v) is 2.18. The van der Waals surface area contributed by atoms with E-state index in [4.69, 9.17) is 10.5 Å². The topological polar surface area (TPSA) is 52.3 Å². The molecule has 0 amide bonds. The second kappa shape index (κ2) is 5.53. The fraction of sp³-hybridized carbons (Fsp3) is 0.533. The van der Waals surface area contributed by atoms with Crippen molar-refractivity contribution in [3.05, 3.63) is 29.3 Å². The molecule has 0 aromatic heterocycles. The van der Waals surface area contributed by atoms with Gasteiger partial charge in [-0.25, -0.2) is 0 Å². The second-order valence-electron chi connectivity index (χ2n) is 5.15. The third kappa shape index (κ3) is 2.91. The Bertz CT molecular complexity index is 440. The molecule has 3 heteroatoms. The van der Waals surface area contributed by atoms with E-state index < -0.39 is 0 Å². The molecule has 1 aromatic rings. The van der Waals surface area contributed by atoms with Gasteiger partial charge in [-0.15, -0.1) is 0 Å². The number of rotatable bonds is 5. The molecule has 18 heavy (non-hydrogen) atoms. The van der Waals surface area contributed by atoms with E-state index in [9.17, 15) is 4.79 Å². The Hall–Kier alpha value is -1.35. The zero-order valence-electron chi connectivity index (χ0n) is 11.1. The van der Waals surface area contributed by atoms with Crippen molar-refractivity contribution in [3.8, 4) is 5.75 Å². The lowest BCUT2D eigenvalue weighted by Gasteiger charge is -2.14. The quantitative estimate of drug-likeness (QED) is 0.867. The predicted molar refractivity (Wildman–Crippen MR) is 71.8 cm³/mol. The van der Waals surface area contributed by atoms with Crippen molar-refractivity contribution < 1.29 is 9.53 Å². The number of benzene rings is 1. The highest BCUT2D eigenvalue weighted by molar-refractivity contribution is 5.81. The third-order valence-electron chi connectivity index (χ3n) is 3.71. The van der Waals surface area contributed by atoms with Crippen LogP contribution >= 0.6 is 0 Å². The van der Waals surface area contributed by atoms with Crippen LogP contribution in [0.3, 0.4) is 0 Å². The Kier molecular flexibility index (Phi) is 4.02. The van der Waals surface area contributed by atoms with Gasteiger partial charge < -0.3 is 10.5 Å². The molecule has 1 aliphatic heterocycles. The molecule has 0 radical (unpaired) electrons. The van der Waals surface area contributed by atoms with E-state index in [1.165, 1.54) is 11.1 Å². The predicted octanol–water partition coefficient (Wildman–Crippen LogP) is 2.11. The van der Waals surface area contributed by atoms with Gasteiger partial charge in [0.1, 0.15) is 11.5 Å². The van der Waals surface area contributed by atoms with Crippen LogP contribution < -0.4 is 10.5 Å². The Balaban J connectivity index is 1.93. The first-order chi connectivity index (χ1) is 8.58. The standard InChI is InChI=1S/C15H21NO2/c1-10(11(2)16)14(17)5-3-12-4-6-15-13(9-12)7-8-18-15/h4,6,9-11H,3,5,7-8,16H2,1-2H3. The largest absolute Gasteiger partial charge is 0.493 e. The van der Waals surface area contributed by atoms with Gasteiger partial charge in [0.25, 0.3) is 0 Å². The normalized spacial score (nSPS) is 16.8. The lowest BCUT2D eigenvalue weighted by molar-refractivity contribution is -0.122. The highest BCUT2D eigenvalue weighted by Gasteiger charge is 2.17. The second-order valence-corrected chi connectivity index (χ2v) is 5.15. The number of ether oxygens (including phenoxy) is 1. The molecule has 0 aliphatic carbocycles. The van der Waals surface area contributed by atoms with Crippen molar-refractivity contribution in [2.24, 2.45) is 11.7 Å².